The SMILES string of the molecule is CN=C(NCc1cccc(-c2ncn[nH]2)c1)NCC(c1ccc(OC)cc1)N1CCCCC1.I. The van der Waals surface area contributed by atoms with E-state index in [-0.39, 0.29) is 30.0 Å². The fourth-order valence-electron chi connectivity index (χ4n) is 4.29. The van der Waals surface area contributed by atoms with Gasteiger partial charge in [0.25, 0.3) is 0 Å². The Morgan fingerprint density at radius 1 is 1.12 bits per heavy atom. The van der Waals surface area contributed by atoms with Crippen molar-refractivity contribution in [3.63, 3.8) is 0 Å². The van der Waals surface area contributed by atoms with Gasteiger partial charge in [-0.05, 0) is 55.3 Å². The average molecular weight is 575 g/mol. The molecule has 1 saturated heterocycles. The van der Waals surface area contributed by atoms with Crippen molar-refractivity contribution < 1.29 is 4.74 Å². The van der Waals surface area contributed by atoms with E-state index in [4.69, 9.17) is 4.74 Å². The van der Waals surface area contributed by atoms with Crippen molar-refractivity contribution >= 4 is 29.9 Å². The molecule has 8 nitrogen and oxygen atoms in total. The van der Waals surface area contributed by atoms with Crippen molar-refractivity contribution in [1.29, 1.82) is 0 Å². The van der Waals surface area contributed by atoms with E-state index in [9.17, 15) is 0 Å². The summed E-state index contributed by atoms with van der Waals surface area (Å²) >= 11 is 0. The van der Waals surface area contributed by atoms with Crippen molar-refractivity contribution in [2.75, 3.05) is 33.8 Å². The first-order chi connectivity index (χ1) is 16.3. The highest BCUT2D eigenvalue weighted by Gasteiger charge is 2.22. The first-order valence-corrected chi connectivity index (χ1v) is 11.5. The molecular formula is C25H34IN7O. The number of H-pyrrole nitrogens is 1. The van der Waals surface area contributed by atoms with Gasteiger partial charge in [0.15, 0.2) is 11.8 Å². The number of ether oxygens (including phenoxy) is 1. The molecule has 1 aliphatic heterocycles. The molecule has 34 heavy (non-hydrogen) atoms. The van der Waals surface area contributed by atoms with Crippen LogP contribution < -0.4 is 15.4 Å². The normalized spacial score (nSPS) is 15.3. The third-order valence-electron chi connectivity index (χ3n) is 6.09. The van der Waals surface area contributed by atoms with Gasteiger partial charge < -0.3 is 15.4 Å². The van der Waals surface area contributed by atoms with E-state index in [1.807, 2.05) is 31.3 Å². The minimum atomic E-state index is 0. The number of methoxy groups -OCH3 is 1. The molecule has 9 heteroatoms. The van der Waals surface area contributed by atoms with Gasteiger partial charge in [-0.3, -0.25) is 15.0 Å². The number of hydrogen-bond acceptors (Lipinski definition) is 5. The second kappa shape index (κ2) is 13.3. The number of nitrogens with zero attached hydrogens (tertiary/aromatic N) is 4. The van der Waals surface area contributed by atoms with Gasteiger partial charge in [0.2, 0.25) is 0 Å². The zero-order valence-electron chi connectivity index (χ0n) is 19.8. The maximum Gasteiger partial charge on any atom is 0.191 e. The second-order valence-electron chi connectivity index (χ2n) is 8.23. The van der Waals surface area contributed by atoms with E-state index in [0.29, 0.717) is 6.54 Å². The van der Waals surface area contributed by atoms with Crippen LogP contribution in [0.15, 0.2) is 59.9 Å². The van der Waals surface area contributed by atoms with Crippen molar-refractivity contribution in [1.82, 2.24) is 30.7 Å². The molecule has 0 amide bonds. The third-order valence-corrected chi connectivity index (χ3v) is 6.09. The maximum atomic E-state index is 5.35. The Morgan fingerprint density at radius 2 is 1.91 bits per heavy atom. The molecule has 3 N–H and O–H groups in total. The van der Waals surface area contributed by atoms with E-state index >= 15 is 0 Å². The predicted octanol–water partition coefficient (Wildman–Crippen LogP) is 3.99. The number of benzene rings is 2. The quantitative estimate of drug-likeness (QED) is 0.214. The Morgan fingerprint density at radius 3 is 2.59 bits per heavy atom. The van der Waals surface area contributed by atoms with E-state index < -0.39 is 0 Å². The highest BCUT2D eigenvalue weighted by Crippen LogP contribution is 2.26. The van der Waals surface area contributed by atoms with E-state index in [1.54, 1.807) is 7.11 Å². The molecule has 1 aromatic heterocycles. The van der Waals surface area contributed by atoms with Gasteiger partial charge in [-0.2, -0.15) is 5.10 Å². The smallest absolute Gasteiger partial charge is 0.191 e. The zero-order valence-corrected chi connectivity index (χ0v) is 22.2. The van der Waals surface area contributed by atoms with Crippen LogP contribution in [-0.2, 0) is 6.54 Å². The molecule has 2 aromatic carbocycles. The monoisotopic (exact) mass is 575 g/mol. The number of guanidine groups is 1. The maximum absolute atomic E-state index is 5.35. The molecule has 0 aliphatic carbocycles. The van der Waals surface area contributed by atoms with Crippen LogP contribution in [0.25, 0.3) is 11.4 Å². The van der Waals surface area contributed by atoms with Gasteiger partial charge in [-0.25, -0.2) is 4.98 Å². The highest BCUT2D eigenvalue weighted by atomic mass is 127. The highest BCUT2D eigenvalue weighted by molar-refractivity contribution is 14.0. The van der Waals surface area contributed by atoms with E-state index in [2.05, 4.69) is 60.0 Å². The second-order valence-corrected chi connectivity index (χ2v) is 8.23. The van der Waals surface area contributed by atoms with Crippen LogP contribution in [0, 0.1) is 0 Å². The Kier molecular flexibility index (Phi) is 10.1. The lowest BCUT2D eigenvalue weighted by Gasteiger charge is -2.35. The summed E-state index contributed by atoms with van der Waals surface area (Å²) in [7, 11) is 3.51. The first kappa shape index (κ1) is 26.0. The molecule has 1 aliphatic rings. The largest absolute Gasteiger partial charge is 0.497 e. The molecule has 1 unspecified atom stereocenters. The molecule has 1 atom stereocenters. The lowest BCUT2D eigenvalue weighted by atomic mass is 10.0. The molecule has 0 radical (unpaired) electrons. The average Bonchev–Trinajstić information content (AvgIpc) is 3.42. The van der Waals surface area contributed by atoms with Gasteiger partial charge in [-0.15, -0.1) is 24.0 Å². The number of likely N-dealkylation sites (tertiary alicyclic amines) is 1. The third kappa shape index (κ3) is 6.92. The number of aliphatic imine (C=N–C) groups is 1. The lowest BCUT2D eigenvalue weighted by molar-refractivity contribution is 0.164. The summed E-state index contributed by atoms with van der Waals surface area (Å²) in [6.45, 7) is 3.69. The predicted molar refractivity (Wildman–Crippen MR) is 147 cm³/mol. The molecule has 0 spiro atoms. The standard InChI is InChI=1S/C25H33N7O.HI/c1-26-25(27-16-19-7-6-8-21(15-19)24-29-18-30-31-24)28-17-23(32-13-4-3-5-14-32)20-9-11-22(33-2)12-10-20;/h6-12,15,18,23H,3-5,13-14,16-17H2,1-2H3,(H2,26,27,28)(H,29,30,31);1H. The van der Waals surface area contributed by atoms with Crippen LogP contribution in [0.2, 0.25) is 0 Å². The number of hydrogen-bond donors (Lipinski definition) is 3. The van der Waals surface area contributed by atoms with Gasteiger partial charge in [-0.1, -0.05) is 36.8 Å². The molecular weight excluding hydrogens is 541 g/mol. The van der Waals surface area contributed by atoms with Crippen LogP contribution in [0.1, 0.15) is 36.4 Å². The number of aromatic nitrogens is 3. The Balaban J connectivity index is 0.00000324. The minimum absolute atomic E-state index is 0. The topological polar surface area (TPSA) is 90.5 Å². The fraction of sp³-hybridized carbons (Fsp3) is 0.400. The Labute approximate surface area is 218 Å². The van der Waals surface area contributed by atoms with Crippen molar-refractivity contribution in [2.24, 2.45) is 4.99 Å². The zero-order chi connectivity index (χ0) is 22.9. The van der Waals surface area contributed by atoms with Crippen LogP contribution in [0.5, 0.6) is 5.75 Å². The number of nitrogens with one attached hydrogen (secondary N) is 3. The van der Waals surface area contributed by atoms with E-state index in [1.165, 1.54) is 31.2 Å². The number of rotatable bonds is 8. The molecule has 182 valence electrons. The minimum Gasteiger partial charge on any atom is -0.497 e. The number of aromatic amines is 1. The summed E-state index contributed by atoms with van der Waals surface area (Å²) in [6, 6.07) is 17.0. The van der Waals surface area contributed by atoms with Crippen LogP contribution in [-0.4, -0.2) is 59.8 Å². The molecule has 0 saturated carbocycles. The van der Waals surface area contributed by atoms with Gasteiger partial charge >= 0.3 is 0 Å². The lowest BCUT2D eigenvalue weighted by Crippen LogP contribution is -2.44. The van der Waals surface area contributed by atoms with Crippen LogP contribution in [0.3, 0.4) is 0 Å². The van der Waals surface area contributed by atoms with Crippen molar-refractivity contribution in [3.05, 3.63) is 66.0 Å². The van der Waals surface area contributed by atoms with Gasteiger partial charge in [0.1, 0.15) is 12.1 Å². The summed E-state index contributed by atoms with van der Waals surface area (Å²) in [5, 5.41) is 13.8. The first-order valence-electron chi connectivity index (χ1n) is 11.5. The van der Waals surface area contributed by atoms with Crippen molar-refractivity contribution in [3.8, 4) is 17.1 Å². The number of piperidine rings is 1. The fourth-order valence-corrected chi connectivity index (χ4v) is 4.29. The molecule has 4 rings (SSSR count). The van der Waals surface area contributed by atoms with E-state index in [0.717, 1.165) is 48.3 Å². The Hall–Kier alpha value is -2.66. The summed E-state index contributed by atoms with van der Waals surface area (Å²) in [4.78, 5) is 11.3. The molecule has 2 heterocycles. The summed E-state index contributed by atoms with van der Waals surface area (Å²) in [6.07, 6.45) is 5.34. The molecule has 0 bridgehead atoms. The van der Waals surface area contributed by atoms with Gasteiger partial charge in [0, 0.05) is 25.7 Å². The molecule has 3 aromatic rings. The number of halogens is 1. The summed E-state index contributed by atoms with van der Waals surface area (Å²) in [5.41, 5.74) is 3.45. The van der Waals surface area contributed by atoms with Crippen molar-refractivity contribution in [2.45, 2.75) is 31.8 Å². The van der Waals surface area contributed by atoms with Gasteiger partial charge in [0.05, 0.1) is 13.2 Å². The summed E-state index contributed by atoms with van der Waals surface area (Å²) < 4.78 is 5.35. The molecule has 1 fully saturated rings. The van der Waals surface area contributed by atoms with Crippen LogP contribution >= 0.6 is 24.0 Å². The summed E-state index contributed by atoms with van der Waals surface area (Å²) in [5.74, 6) is 2.44. The Bertz CT molecular complexity index is 1020. The van der Waals surface area contributed by atoms with Crippen LogP contribution in [0.4, 0.5) is 0 Å².